The summed E-state index contributed by atoms with van der Waals surface area (Å²) in [6.45, 7) is 0.0528. The molecule has 0 unspecified atom stereocenters. The van der Waals surface area contributed by atoms with Gasteiger partial charge >= 0.3 is 0 Å². The fourth-order valence-corrected chi connectivity index (χ4v) is 4.05. The number of thiazole rings is 1. The molecular formula is C14H12BrN5O3S2. The second-order valence-electron chi connectivity index (χ2n) is 4.87. The van der Waals surface area contributed by atoms with E-state index in [2.05, 4.69) is 36.1 Å². The Kier molecular flexibility index (Phi) is 5.16. The maximum Gasteiger partial charge on any atom is 0.263 e. The van der Waals surface area contributed by atoms with E-state index in [4.69, 9.17) is 0 Å². The zero-order valence-electron chi connectivity index (χ0n) is 12.6. The number of sulfonamides is 1. The molecule has 1 amide bonds. The molecule has 0 fully saturated rings. The molecule has 0 radical (unpaired) electrons. The third-order valence-electron chi connectivity index (χ3n) is 3.01. The molecule has 0 aliphatic heterocycles. The number of amides is 1. The number of hydrogen-bond donors (Lipinski definition) is 2. The average molecular weight is 442 g/mol. The topological polar surface area (TPSA) is 106 Å². The predicted octanol–water partition coefficient (Wildman–Crippen LogP) is 2.54. The zero-order valence-corrected chi connectivity index (χ0v) is 15.8. The van der Waals surface area contributed by atoms with Gasteiger partial charge in [0.15, 0.2) is 5.13 Å². The number of nitrogens with one attached hydrogen (secondary N) is 2. The van der Waals surface area contributed by atoms with Gasteiger partial charge in [0.1, 0.15) is 6.54 Å². The van der Waals surface area contributed by atoms with Crippen LogP contribution in [-0.4, -0.2) is 29.1 Å². The van der Waals surface area contributed by atoms with Gasteiger partial charge in [-0.3, -0.25) is 14.2 Å². The van der Waals surface area contributed by atoms with Crippen LogP contribution < -0.4 is 10.0 Å². The summed E-state index contributed by atoms with van der Waals surface area (Å²) < 4.78 is 29.1. The Morgan fingerprint density at radius 1 is 1.28 bits per heavy atom. The van der Waals surface area contributed by atoms with E-state index in [0.717, 1.165) is 4.47 Å². The molecule has 25 heavy (non-hydrogen) atoms. The predicted molar refractivity (Wildman–Crippen MR) is 97.9 cm³/mol. The number of halogens is 1. The number of anilines is 2. The van der Waals surface area contributed by atoms with Crippen LogP contribution in [0.1, 0.15) is 0 Å². The van der Waals surface area contributed by atoms with Crippen LogP contribution in [0.4, 0.5) is 10.8 Å². The van der Waals surface area contributed by atoms with Crippen molar-refractivity contribution in [3.63, 3.8) is 0 Å². The Morgan fingerprint density at radius 2 is 2.04 bits per heavy atom. The van der Waals surface area contributed by atoms with Gasteiger partial charge in [-0.1, -0.05) is 0 Å². The Labute approximate surface area is 156 Å². The van der Waals surface area contributed by atoms with Crippen molar-refractivity contribution < 1.29 is 13.2 Å². The molecule has 0 aliphatic carbocycles. The van der Waals surface area contributed by atoms with Crippen LogP contribution in [0.2, 0.25) is 0 Å². The van der Waals surface area contributed by atoms with E-state index in [1.54, 1.807) is 17.8 Å². The van der Waals surface area contributed by atoms with Crippen molar-refractivity contribution in [2.75, 3.05) is 10.0 Å². The van der Waals surface area contributed by atoms with Gasteiger partial charge in [-0.2, -0.15) is 5.10 Å². The highest BCUT2D eigenvalue weighted by Gasteiger charge is 2.15. The van der Waals surface area contributed by atoms with Crippen molar-refractivity contribution in [2.45, 2.75) is 11.4 Å². The summed E-state index contributed by atoms with van der Waals surface area (Å²) in [5, 5.41) is 8.65. The smallest absolute Gasteiger partial charge is 0.263 e. The van der Waals surface area contributed by atoms with E-state index in [1.165, 1.54) is 46.5 Å². The standard InChI is InChI=1S/C14H12BrN5O3S2/c15-10-7-17-20(8-10)9-13(21)18-11-1-3-12(4-2-11)25(22,23)19-14-16-5-6-24-14/h1-8H,9H2,(H,16,19)(H,18,21). The summed E-state index contributed by atoms with van der Waals surface area (Å²) in [6, 6.07) is 5.87. The van der Waals surface area contributed by atoms with E-state index in [-0.39, 0.29) is 17.3 Å². The number of carbonyl (C=O) groups is 1. The first kappa shape index (κ1) is 17.6. The Bertz CT molecular complexity index is 968. The van der Waals surface area contributed by atoms with Gasteiger partial charge < -0.3 is 5.32 Å². The molecular weight excluding hydrogens is 430 g/mol. The lowest BCUT2D eigenvalue weighted by Gasteiger charge is -2.08. The lowest BCUT2D eigenvalue weighted by Crippen LogP contribution is -2.19. The number of rotatable bonds is 6. The maximum absolute atomic E-state index is 12.2. The van der Waals surface area contributed by atoms with Crippen LogP contribution in [0.15, 0.2) is 57.6 Å². The molecule has 0 aliphatic rings. The van der Waals surface area contributed by atoms with Gasteiger partial charge in [-0.25, -0.2) is 13.4 Å². The monoisotopic (exact) mass is 441 g/mol. The minimum Gasteiger partial charge on any atom is -0.324 e. The maximum atomic E-state index is 12.2. The summed E-state index contributed by atoms with van der Waals surface area (Å²) in [6.07, 6.45) is 4.78. The molecule has 8 nitrogen and oxygen atoms in total. The molecule has 0 spiro atoms. The largest absolute Gasteiger partial charge is 0.324 e. The van der Waals surface area contributed by atoms with Crippen LogP contribution in [0.25, 0.3) is 0 Å². The molecule has 0 bridgehead atoms. The fourth-order valence-electron chi connectivity index (χ4n) is 1.94. The molecule has 3 rings (SSSR count). The first-order chi connectivity index (χ1) is 11.9. The highest BCUT2D eigenvalue weighted by atomic mass is 79.9. The second kappa shape index (κ2) is 7.33. The van der Waals surface area contributed by atoms with Crippen molar-refractivity contribution in [3.05, 3.63) is 52.7 Å². The molecule has 11 heteroatoms. The number of nitrogens with zero attached hydrogens (tertiary/aromatic N) is 3. The Balaban J connectivity index is 1.64. The molecule has 3 aromatic rings. The third-order valence-corrected chi connectivity index (χ3v) is 5.59. The third kappa shape index (κ3) is 4.65. The average Bonchev–Trinajstić information content (AvgIpc) is 3.19. The molecule has 2 N–H and O–H groups in total. The fraction of sp³-hybridized carbons (Fsp3) is 0.0714. The summed E-state index contributed by atoms with van der Waals surface area (Å²) >= 11 is 4.44. The first-order valence-corrected chi connectivity index (χ1v) is 10.1. The van der Waals surface area contributed by atoms with Crippen molar-refractivity contribution in [1.82, 2.24) is 14.8 Å². The first-order valence-electron chi connectivity index (χ1n) is 6.92. The normalized spacial score (nSPS) is 11.2. The van der Waals surface area contributed by atoms with E-state index in [0.29, 0.717) is 10.8 Å². The number of benzene rings is 1. The van der Waals surface area contributed by atoms with Crippen molar-refractivity contribution in [3.8, 4) is 0 Å². The van der Waals surface area contributed by atoms with Gasteiger partial charge in [0.05, 0.1) is 15.6 Å². The molecule has 2 aromatic heterocycles. The summed E-state index contributed by atoms with van der Waals surface area (Å²) in [7, 11) is -3.71. The quantitative estimate of drug-likeness (QED) is 0.611. The molecule has 0 atom stereocenters. The van der Waals surface area contributed by atoms with E-state index in [9.17, 15) is 13.2 Å². The highest BCUT2D eigenvalue weighted by molar-refractivity contribution is 9.10. The zero-order chi connectivity index (χ0) is 17.9. The highest BCUT2D eigenvalue weighted by Crippen LogP contribution is 2.19. The van der Waals surface area contributed by atoms with E-state index < -0.39 is 10.0 Å². The second-order valence-corrected chi connectivity index (χ2v) is 8.36. The Hall–Kier alpha value is -2.24. The summed E-state index contributed by atoms with van der Waals surface area (Å²) in [5.74, 6) is -0.271. The van der Waals surface area contributed by atoms with Crippen LogP contribution in [0.5, 0.6) is 0 Å². The van der Waals surface area contributed by atoms with Gasteiger partial charge in [-0.05, 0) is 40.2 Å². The van der Waals surface area contributed by atoms with E-state index in [1.807, 2.05) is 0 Å². The van der Waals surface area contributed by atoms with Crippen LogP contribution >= 0.6 is 27.3 Å². The minimum absolute atomic E-state index is 0.0528. The molecule has 0 saturated carbocycles. The lowest BCUT2D eigenvalue weighted by molar-refractivity contribution is -0.116. The Morgan fingerprint density at radius 3 is 2.64 bits per heavy atom. The number of aromatic nitrogens is 3. The minimum atomic E-state index is -3.71. The molecule has 0 saturated heterocycles. The van der Waals surface area contributed by atoms with Crippen LogP contribution in [-0.2, 0) is 21.4 Å². The van der Waals surface area contributed by atoms with Crippen molar-refractivity contribution in [2.24, 2.45) is 0 Å². The molecule has 2 heterocycles. The number of carbonyl (C=O) groups excluding carboxylic acids is 1. The summed E-state index contributed by atoms with van der Waals surface area (Å²) in [4.78, 5) is 15.9. The summed E-state index contributed by atoms with van der Waals surface area (Å²) in [5.41, 5.74) is 0.490. The SMILES string of the molecule is O=C(Cn1cc(Br)cn1)Nc1ccc(S(=O)(=O)Nc2nccs2)cc1. The van der Waals surface area contributed by atoms with E-state index >= 15 is 0 Å². The van der Waals surface area contributed by atoms with Crippen LogP contribution in [0.3, 0.4) is 0 Å². The van der Waals surface area contributed by atoms with Gasteiger partial charge in [0.2, 0.25) is 5.91 Å². The van der Waals surface area contributed by atoms with Gasteiger partial charge in [0.25, 0.3) is 10.0 Å². The number of hydrogen-bond acceptors (Lipinski definition) is 6. The molecule has 1 aromatic carbocycles. The van der Waals surface area contributed by atoms with Crippen LogP contribution in [0, 0.1) is 0 Å². The lowest BCUT2D eigenvalue weighted by atomic mass is 10.3. The molecule has 130 valence electrons. The van der Waals surface area contributed by atoms with Crippen molar-refractivity contribution in [1.29, 1.82) is 0 Å². The van der Waals surface area contributed by atoms with Crippen molar-refractivity contribution >= 4 is 54.0 Å². The van der Waals surface area contributed by atoms with Gasteiger partial charge in [0, 0.05) is 23.5 Å². The van der Waals surface area contributed by atoms with Gasteiger partial charge in [-0.15, -0.1) is 11.3 Å².